The van der Waals surface area contributed by atoms with Gasteiger partial charge in [0.25, 0.3) is 5.56 Å². The fraction of sp³-hybridized carbons (Fsp3) is 0.794. The van der Waals surface area contributed by atoms with E-state index in [1.54, 1.807) is 11.8 Å². The molecule has 1 aromatic rings. The molecule has 11 heteroatoms. The maximum Gasteiger partial charge on any atom is 0.322 e. The Morgan fingerprint density at radius 2 is 1.56 bits per heavy atom. The molecule has 0 radical (unpaired) electrons. The number of carbonyl (C=O) groups is 2. The van der Waals surface area contributed by atoms with Crippen molar-refractivity contribution in [3.8, 4) is 0 Å². The van der Waals surface area contributed by atoms with Crippen LogP contribution in [0.2, 0.25) is 0 Å². The molecule has 8 nitrogen and oxygen atoms in total. The van der Waals surface area contributed by atoms with Crippen LogP contribution in [0.25, 0.3) is 0 Å². The van der Waals surface area contributed by atoms with Crippen LogP contribution >= 0.6 is 35.7 Å². The lowest BCUT2D eigenvalue weighted by atomic mass is 9.96. The second-order valence-corrected chi connectivity index (χ2v) is 16.2. The molecule has 0 fully saturated rings. The van der Waals surface area contributed by atoms with Gasteiger partial charge in [-0.3, -0.25) is 19.9 Å². The molecule has 0 saturated carbocycles. The van der Waals surface area contributed by atoms with Crippen LogP contribution in [-0.4, -0.2) is 49.1 Å². The highest BCUT2D eigenvalue weighted by molar-refractivity contribution is 8.47. The summed E-state index contributed by atoms with van der Waals surface area (Å²) in [6.07, 6.45) is 19.4. The number of amides is 2. The van der Waals surface area contributed by atoms with Gasteiger partial charge in [-0.15, -0.1) is 11.8 Å². The number of nitrogens with one attached hydrogen (secondary N) is 3. The molecule has 0 saturated heterocycles. The molecular formula is C34H60N4O4S3. The second kappa shape index (κ2) is 25.5. The topological polar surface area (TPSA) is 113 Å². The fourth-order valence-electron chi connectivity index (χ4n) is 4.88. The van der Waals surface area contributed by atoms with Crippen molar-refractivity contribution in [3.05, 3.63) is 22.1 Å². The third kappa shape index (κ3) is 20.3. The van der Waals surface area contributed by atoms with Gasteiger partial charge in [-0.1, -0.05) is 115 Å². The minimum Gasteiger partial charge on any atom is -0.465 e. The highest BCUT2D eigenvalue weighted by Gasteiger charge is 2.31. The third-order valence-electron chi connectivity index (χ3n) is 7.70. The van der Waals surface area contributed by atoms with Gasteiger partial charge in [-0.2, -0.15) is 0 Å². The largest absolute Gasteiger partial charge is 0.465 e. The average Bonchev–Trinajstić information content (AvgIpc) is 2.99. The van der Waals surface area contributed by atoms with Gasteiger partial charge in [-0.05, 0) is 58.1 Å². The Hall–Kier alpha value is -1.59. The highest BCUT2D eigenvalue weighted by Crippen LogP contribution is 2.32. The number of esters is 1. The molecule has 0 spiro atoms. The van der Waals surface area contributed by atoms with E-state index in [9.17, 15) is 14.4 Å². The number of hydrogen-bond acceptors (Lipinski definition) is 8. The molecule has 258 valence electrons. The highest BCUT2D eigenvalue weighted by atomic mass is 32.2. The summed E-state index contributed by atoms with van der Waals surface area (Å²) < 4.78 is 5.61. The summed E-state index contributed by atoms with van der Waals surface area (Å²) in [6, 6.07) is 1.11. The van der Waals surface area contributed by atoms with Gasteiger partial charge in [0.2, 0.25) is 5.95 Å². The molecule has 0 aromatic carbocycles. The lowest BCUT2D eigenvalue weighted by Crippen LogP contribution is -2.32. The minimum absolute atomic E-state index is 0.161. The first kappa shape index (κ1) is 41.4. The number of thioether (sulfide) groups is 2. The van der Waals surface area contributed by atoms with Crippen molar-refractivity contribution in [2.45, 2.75) is 154 Å². The number of aromatic nitrogens is 2. The number of rotatable bonds is 25. The molecule has 1 atom stereocenters. The molecule has 1 aromatic heterocycles. The van der Waals surface area contributed by atoms with Crippen molar-refractivity contribution < 1.29 is 14.3 Å². The number of nitrogens with zero attached hydrogens (tertiary/aromatic N) is 1. The number of ether oxygens (including phenoxy) is 1. The number of thiocarbonyl (C=S) groups is 1. The Bertz CT molecular complexity index is 1030. The number of aromatic amines is 1. The van der Waals surface area contributed by atoms with Crippen molar-refractivity contribution >= 4 is 57.2 Å². The molecule has 1 heterocycles. The van der Waals surface area contributed by atoms with E-state index in [-0.39, 0.29) is 23.4 Å². The Kier molecular flexibility index (Phi) is 23.5. The van der Waals surface area contributed by atoms with Crippen LogP contribution in [0.5, 0.6) is 0 Å². The van der Waals surface area contributed by atoms with Crippen molar-refractivity contribution in [1.29, 1.82) is 0 Å². The minimum atomic E-state index is -0.721. The lowest BCUT2D eigenvalue weighted by molar-refractivity contribution is -0.145. The van der Waals surface area contributed by atoms with E-state index >= 15 is 0 Å². The predicted molar refractivity (Wildman–Crippen MR) is 198 cm³/mol. The van der Waals surface area contributed by atoms with E-state index in [1.807, 2.05) is 13.8 Å². The van der Waals surface area contributed by atoms with E-state index in [2.05, 4.69) is 41.4 Å². The van der Waals surface area contributed by atoms with Crippen LogP contribution in [0, 0.1) is 0 Å². The number of anilines is 1. The smallest absolute Gasteiger partial charge is 0.322 e. The van der Waals surface area contributed by atoms with Crippen LogP contribution in [0.4, 0.5) is 10.7 Å². The van der Waals surface area contributed by atoms with Gasteiger partial charge in [-0.25, -0.2) is 9.78 Å². The van der Waals surface area contributed by atoms with Gasteiger partial charge < -0.3 is 10.1 Å². The van der Waals surface area contributed by atoms with Crippen molar-refractivity contribution in [3.63, 3.8) is 0 Å². The first-order chi connectivity index (χ1) is 21.6. The van der Waals surface area contributed by atoms with Gasteiger partial charge >= 0.3 is 12.0 Å². The zero-order chi connectivity index (χ0) is 33.3. The van der Waals surface area contributed by atoms with E-state index in [1.165, 1.54) is 75.6 Å². The van der Waals surface area contributed by atoms with E-state index < -0.39 is 10.8 Å². The normalized spacial score (nSPS) is 12.1. The van der Waals surface area contributed by atoms with Crippen LogP contribution in [0.3, 0.4) is 0 Å². The van der Waals surface area contributed by atoms with Crippen LogP contribution < -0.4 is 16.2 Å². The second-order valence-electron chi connectivity index (χ2n) is 12.2. The molecule has 0 bridgehead atoms. The standard InChI is InChI=1S/C34H60N4O4S3/c1-6-9-11-12-13-14-15-16-17-21-25-44-33(43)45-34(4,5)30(40)42-24-20-18-19-23-35-32(41)38-31-36-28(26-29(39)37-31)27(8-3)22-10-7-2/h26-27H,6-25H2,1-5H3,(H3,35,36,37,38,39,41). The molecule has 1 rings (SSSR count). The summed E-state index contributed by atoms with van der Waals surface area (Å²) in [5.41, 5.74) is 0.442. The summed E-state index contributed by atoms with van der Waals surface area (Å²) in [5.74, 6) is 1.10. The third-order valence-corrected chi connectivity index (χ3v) is 10.5. The quantitative estimate of drug-likeness (QED) is 0.0530. The van der Waals surface area contributed by atoms with Gasteiger partial charge in [0.15, 0.2) is 0 Å². The zero-order valence-corrected chi connectivity index (χ0v) is 31.1. The monoisotopic (exact) mass is 684 g/mol. The predicted octanol–water partition coefficient (Wildman–Crippen LogP) is 9.74. The van der Waals surface area contributed by atoms with Gasteiger partial charge in [0.1, 0.15) is 8.28 Å². The Morgan fingerprint density at radius 1 is 0.933 bits per heavy atom. The number of urea groups is 1. The van der Waals surface area contributed by atoms with E-state index in [4.69, 9.17) is 17.0 Å². The van der Waals surface area contributed by atoms with Crippen molar-refractivity contribution in [2.75, 3.05) is 24.2 Å². The zero-order valence-electron chi connectivity index (χ0n) is 28.6. The van der Waals surface area contributed by atoms with Crippen molar-refractivity contribution in [2.24, 2.45) is 0 Å². The average molecular weight is 685 g/mol. The van der Waals surface area contributed by atoms with Gasteiger partial charge in [0.05, 0.1) is 12.3 Å². The van der Waals surface area contributed by atoms with Gasteiger partial charge in [0, 0.05) is 18.5 Å². The molecule has 0 aliphatic carbocycles. The van der Waals surface area contributed by atoms with E-state index in [0.29, 0.717) is 25.3 Å². The van der Waals surface area contributed by atoms with Crippen LogP contribution in [-0.2, 0) is 9.53 Å². The molecule has 45 heavy (non-hydrogen) atoms. The first-order valence-corrected chi connectivity index (χ1v) is 19.5. The Morgan fingerprint density at radius 3 is 2.20 bits per heavy atom. The Balaban J connectivity index is 2.17. The Labute approximate surface area is 286 Å². The fourth-order valence-corrected chi connectivity index (χ4v) is 7.94. The molecule has 1 unspecified atom stereocenters. The maximum atomic E-state index is 12.7. The summed E-state index contributed by atoms with van der Waals surface area (Å²) in [6.45, 7) is 11.0. The number of unbranched alkanes of at least 4 members (excludes halogenated alkanes) is 12. The molecule has 2 amide bonds. The molecule has 0 aliphatic rings. The summed E-state index contributed by atoms with van der Waals surface area (Å²) in [4.78, 5) is 44.2. The first-order valence-electron chi connectivity index (χ1n) is 17.3. The molecule has 0 aliphatic heterocycles. The van der Waals surface area contributed by atoms with E-state index in [0.717, 1.165) is 54.2 Å². The lowest BCUT2D eigenvalue weighted by Gasteiger charge is -2.22. The summed E-state index contributed by atoms with van der Waals surface area (Å²) in [7, 11) is 0. The molecular weight excluding hydrogens is 625 g/mol. The van der Waals surface area contributed by atoms with Crippen LogP contribution in [0.1, 0.15) is 155 Å². The SMILES string of the molecule is CCCCCCCCCCCCSC(=S)SC(C)(C)C(=O)OCCCCCNC(=O)Nc1nc(C(CC)CCCC)cc(=O)[nH]1. The summed E-state index contributed by atoms with van der Waals surface area (Å²) >= 11 is 8.62. The summed E-state index contributed by atoms with van der Waals surface area (Å²) in [5, 5.41) is 5.43. The number of carbonyl (C=O) groups excluding carboxylic acids is 2. The maximum absolute atomic E-state index is 12.7. The number of hydrogen-bond donors (Lipinski definition) is 3. The molecule has 3 N–H and O–H groups in total. The number of H-pyrrole nitrogens is 1. The van der Waals surface area contributed by atoms with Crippen LogP contribution in [0.15, 0.2) is 10.9 Å². The van der Waals surface area contributed by atoms with Crippen molar-refractivity contribution in [1.82, 2.24) is 15.3 Å².